The minimum atomic E-state index is -4.17. The normalized spacial score (nSPS) is 11.6. The van der Waals surface area contributed by atoms with Crippen molar-refractivity contribution in [1.29, 1.82) is 0 Å². The van der Waals surface area contributed by atoms with Gasteiger partial charge >= 0.3 is 0 Å². The molecule has 0 saturated carbocycles. The average Bonchev–Trinajstić information content (AvgIpc) is 3.15. The fraction of sp³-hybridized carbons (Fsp3) is 0.143. The molecule has 10 heteroatoms. The first-order valence-electron chi connectivity index (χ1n) is 6.79. The number of nitrogens with zero attached hydrogens (tertiary/aromatic N) is 2. The van der Waals surface area contributed by atoms with Crippen molar-refractivity contribution in [3.05, 3.63) is 47.9 Å². The zero-order valence-electron chi connectivity index (χ0n) is 12.3. The molecule has 0 bridgehead atoms. The summed E-state index contributed by atoms with van der Waals surface area (Å²) in [5.74, 6) is -1.35. The second-order valence-electron chi connectivity index (χ2n) is 4.74. The van der Waals surface area contributed by atoms with Gasteiger partial charge in [0.15, 0.2) is 5.76 Å². The van der Waals surface area contributed by atoms with Crippen molar-refractivity contribution in [2.24, 2.45) is 0 Å². The number of aromatic nitrogens is 2. The number of benzene rings is 1. The van der Waals surface area contributed by atoms with E-state index in [9.17, 15) is 17.2 Å². The van der Waals surface area contributed by atoms with Crippen LogP contribution in [-0.4, -0.2) is 18.6 Å². The van der Waals surface area contributed by atoms with Gasteiger partial charge in [0.2, 0.25) is 11.0 Å². The van der Waals surface area contributed by atoms with Crippen LogP contribution in [0.2, 0.25) is 0 Å². The maximum absolute atomic E-state index is 13.1. The predicted molar refractivity (Wildman–Crippen MR) is 78.5 cm³/mol. The lowest BCUT2D eigenvalue weighted by Gasteiger charge is -2.05. The van der Waals surface area contributed by atoms with Crippen LogP contribution >= 0.6 is 0 Å². The van der Waals surface area contributed by atoms with Gasteiger partial charge < -0.3 is 8.83 Å². The Morgan fingerprint density at radius 3 is 2.42 bits per heavy atom. The van der Waals surface area contributed by atoms with Crippen molar-refractivity contribution in [2.75, 3.05) is 4.72 Å². The van der Waals surface area contributed by atoms with E-state index in [0.29, 0.717) is 18.4 Å². The third-order valence-electron chi connectivity index (χ3n) is 2.94. The number of nitrogens with one attached hydrogen (secondary N) is 1. The summed E-state index contributed by atoms with van der Waals surface area (Å²) in [6.45, 7) is 1.82. The molecule has 2 aromatic heterocycles. The Balaban J connectivity index is 1.87. The predicted octanol–water partition coefficient (Wildman–Crippen LogP) is 2.97. The summed E-state index contributed by atoms with van der Waals surface area (Å²) in [5, 5.41) is 7.02. The summed E-state index contributed by atoms with van der Waals surface area (Å²) in [6.07, 6.45) is 0.519. The fourth-order valence-electron chi connectivity index (χ4n) is 1.89. The van der Waals surface area contributed by atoms with Crippen LogP contribution in [0.1, 0.15) is 12.8 Å². The highest BCUT2D eigenvalue weighted by Crippen LogP contribution is 2.25. The number of aryl methyl sites for hydroxylation is 1. The van der Waals surface area contributed by atoms with E-state index in [4.69, 9.17) is 8.83 Å². The van der Waals surface area contributed by atoms with Crippen LogP contribution in [0.5, 0.6) is 0 Å². The zero-order valence-corrected chi connectivity index (χ0v) is 13.1. The molecule has 7 nitrogen and oxygen atoms in total. The Morgan fingerprint density at radius 2 is 1.79 bits per heavy atom. The highest BCUT2D eigenvalue weighted by atomic mass is 32.2. The molecule has 0 aliphatic carbocycles. The minimum absolute atomic E-state index is 0.0325. The summed E-state index contributed by atoms with van der Waals surface area (Å²) >= 11 is 0. The van der Waals surface area contributed by atoms with Gasteiger partial charge in [0.1, 0.15) is 11.6 Å². The lowest BCUT2D eigenvalue weighted by molar-refractivity contribution is 0.436. The standard InChI is InChI=1S/C14H11F2N3O4S/c1-2-12-17-18-14(23-12)11-3-4-13(22-11)24(20,21)19-10-6-8(15)5-9(16)7-10/h3-7,19H,2H2,1H3. The number of sulfonamides is 1. The lowest BCUT2D eigenvalue weighted by Crippen LogP contribution is -2.12. The number of anilines is 1. The Labute approximate surface area is 135 Å². The summed E-state index contributed by atoms with van der Waals surface area (Å²) in [7, 11) is -4.17. The van der Waals surface area contributed by atoms with Gasteiger partial charge in [-0.3, -0.25) is 4.72 Å². The van der Waals surface area contributed by atoms with Crippen LogP contribution in [0.25, 0.3) is 11.7 Å². The minimum Gasteiger partial charge on any atom is -0.438 e. The molecular formula is C14H11F2N3O4S. The molecule has 126 valence electrons. The molecule has 3 rings (SSSR count). The van der Waals surface area contributed by atoms with E-state index in [2.05, 4.69) is 10.2 Å². The van der Waals surface area contributed by atoms with Crippen molar-refractivity contribution in [3.8, 4) is 11.7 Å². The SMILES string of the molecule is CCc1nnc(-c2ccc(S(=O)(=O)Nc3cc(F)cc(F)c3)o2)o1. The molecule has 0 saturated heterocycles. The van der Waals surface area contributed by atoms with Gasteiger partial charge in [0.05, 0.1) is 5.69 Å². The molecule has 1 N–H and O–H groups in total. The van der Waals surface area contributed by atoms with E-state index in [1.807, 2.05) is 11.6 Å². The molecule has 0 radical (unpaired) electrons. The number of furan rings is 1. The first-order valence-corrected chi connectivity index (χ1v) is 8.27. The molecule has 3 aromatic rings. The quantitative estimate of drug-likeness (QED) is 0.755. The fourth-order valence-corrected chi connectivity index (χ4v) is 2.87. The molecule has 0 unspecified atom stereocenters. The van der Waals surface area contributed by atoms with Crippen LogP contribution in [-0.2, 0) is 16.4 Å². The summed E-state index contributed by atoms with van der Waals surface area (Å²) < 4.78 is 63.2. The van der Waals surface area contributed by atoms with Crippen LogP contribution < -0.4 is 4.72 Å². The van der Waals surface area contributed by atoms with Crippen LogP contribution in [0.3, 0.4) is 0 Å². The Hall–Kier alpha value is -2.75. The van der Waals surface area contributed by atoms with Crippen molar-refractivity contribution >= 4 is 15.7 Å². The van der Waals surface area contributed by atoms with Gasteiger partial charge in [0.25, 0.3) is 15.9 Å². The molecule has 0 aliphatic rings. The van der Waals surface area contributed by atoms with Crippen LogP contribution in [0.15, 0.2) is 44.3 Å². The highest BCUT2D eigenvalue weighted by Gasteiger charge is 2.22. The monoisotopic (exact) mass is 355 g/mol. The van der Waals surface area contributed by atoms with Gasteiger partial charge in [-0.2, -0.15) is 8.42 Å². The Morgan fingerprint density at radius 1 is 1.08 bits per heavy atom. The smallest absolute Gasteiger partial charge is 0.295 e. The Kier molecular flexibility index (Phi) is 4.06. The van der Waals surface area contributed by atoms with Crippen molar-refractivity contribution in [2.45, 2.75) is 18.4 Å². The van der Waals surface area contributed by atoms with Gasteiger partial charge in [-0.25, -0.2) is 8.78 Å². The molecular weight excluding hydrogens is 344 g/mol. The topological polar surface area (TPSA) is 98.2 Å². The Bertz CT molecular complexity index is 961. The number of hydrogen-bond acceptors (Lipinski definition) is 6. The molecule has 0 spiro atoms. The van der Waals surface area contributed by atoms with E-state index < -0.39 is 26.8 Å². The molecule has 0 atom stereocenters. The van der Waals surface area contributed by atoms with Gasteiger partial charge in [0, 0.05) is 12.5 Å². The number of halogens is 2. The third-order valence-corrected chi connectivity index (χ3v) is 4.19. The van der Waals surface area contributed by atoms with E-state index in [1.54, 1.807) is 0 Å². The largest absolute Gasteiger partial charge is 0.438 e. The zero-order chi connectivity index (χ0) is 17.3. The summed E-state index contributed by atoms with van der Waals surface area (Å²) in [4.78, 5) is 0. The maximum Gasteiger partial charge on any atom is 0.295 e. The first-order chi connectivity index (χ1) is 11.4. The van der Waals surface area contributed by atoms with E-state index in [0.717, 1.165) is 12.1 Å². The molecule has 0 amide bonds. The van der Waals surface area contributed by atoms with Gasteiger partial charge in [-0.05, 0) is 24.3 Å². The summed E-state index contributed by atoms with van der Waals surface area (Å²) in [5.41, 5.74) is -0.267. The lowest BCUT2D eigenvalue weighted by atomic mass is 10.3. The van der Waals surface area contributed by atoms with Crippen molar-refractivity contribution in [3.63, 3.8) is 0 Å². The second kappa shape index (κ2) is 6.04. The second-order valence-corrected chi connectivity index (χ2v) is 6.35. The van der Waals surface area contributed by atoms with Crippen LogP contribution in [0, 0.1) is 11.6 Å². The molecule has 0 fully saturated rings. The number of hydrogen-bond donors (Lipinski definition) is 1. The van der Waals surface area contributed by atoms with Crippen molar-refractivity contribution < 1.29 is 26.0 Å². The van der Waals surface area contributed by atoms with E-state index in [1.165, 1.54) is 12.1 Å². The van der Waals surface area contributed by atoms with E-state index in [-0.39, 0.29) is 17.3 Å². The maximum atomic E-state index is 13.1. The third kappa shape index (κ3) is 3.27. The van der Waals surface area contributed by atoms with Gasteiger partial charge in [-0.1, -0.05) is 6.92 Å². The average molecular weight is 355 g/mol. The molecule has 24 heavy (non-hydrogen) atoms. The molecule has 2 heterocycles. The van der Waals surface area contributed by atoms with E-state index >= 15 is 0 Å². The van der Waals surface area contributed by atoms with Gasteiger partial charge in [-0.15, -0.1) is 10.2 Å². The highest BCUT2D eigenvalue weighted by molar-refractivity contribution is 7.92. The molecule has 1 aromatic carbocycles. The number of rotatable bonds is 5. The van der Waals surface area contributed by atoms with Crippen molar-refractivity contribution in [1.82, 2.24) is 10.2 Å². The first kappa shape index (κ1) is 16.1. The molecule has 0 aliphatic heterocycles. The summed E-state index contributed by atoms with van der Waals surface area (Å²) in [6, 6.07) is 4.83. The van der Waals surface area contributed by atoms with Crippen LogP contribution in [0.4, 0.5) is 14.5 Å².